The molecule has 0 radical (unpaired) electrons. The van der Waals surface area contributed by atoms with Gasteiger partial charge in [-0.2, -0.15) is 0 Å². The molecule has 4 rings (SSSR count). The summed E-state index contributed by atoms with van der Waals surface area (Å²) in [5, 5.41) is 3.07. The fourth-order valence-corrected chi connectivity index (χ4v) is 4.26. The number of morpholine rings is 1. The Hall–Kier alpha value is -2.32. The number of nitrogens with one attached hydrogen (secondary N) is 2. The van der Waals surface area contributed by atoms with Crippen LogP contribution in [0.3, 0.4) is 0 Å². The van der Waals surface area contributed by atoms with E-state index in [9.17, 15) is 9.59 Å². The Balaban J connectivity index is 1.30. The number of hydrogen-bond donors (Lipinski definition) is 2. The van der Waals surface area contributed by atoms with Gasteiger partial charge in [-0.05, 0) is 31.9 Å². The van der Waals surface area contributed by atoms with Crippen molar-refractivity contribution in [3.8, 4) is 0 Å². The lowest BCUT2D eigenvalue weighted by Crippen LogP contribution is -2.51. The maximum absolute atomic E-state index is 12.6. The van der Waals surface area contributed by atoms with Gasteiger partial charge in [-0.25, -0.2) is 9.59 Å². The molecule has 2 aromatic rings. The molecule has 1 atom stereocenters. The maximum atomic E-state index is 12.6. The first-order chi connectivity index (χ1) is 13.6. The van der Waals surface area contributed by atoms with E-state index >= 15 is 0 Å². The van der Waals surface area contributed by atoms with E-state index in [0.29, 0.717) is 25.7 Å². The smallest absolute Gasteiger partial charge is 0.326 e. The van der Waals surface area contributed by atoms with Crippen molar-refractivity contribution in [1.29, 1.82) is 0 Å². The van der Waals surface area contributed by atoms with Gasteiger partial charge in [-0.3, -0.25) is 9.47 Å². The lowest BCUT2D eigenvalue weighted by molar-refractivity contribution is 0.0206. The van der Waals surface area contributed by atoms with Gasteiger partial charge in [0.15, 0.2) is 0 Å². The van der Waals surface area contributed by atoms with Gasteiger partial charge in [0.05, 0.1) is 24.2 Å². The van der Waals surface area contributed by atoms with Crippen LogP contribution in [0, 0.1) is 0 Å². The Morgan fingerprint density at radius 2 is 1.93 bits per heavy atom. The Bertz CT molecular complexity index is 862. The second kappa shape index (κ2) is 8.36. The molecular weight excluding hydrogens is 358 g/mol. The van der Waals surface area contributed by atoms with Gasteiger partial charge >= 0.3 is 11.7 Å². The lowest BCUT2D eigenvalue weighted by Gasteiger charge is -2.35. The number of aromatic amines is 1. The van der Waals surface area contributed by atoms with Crippen LogP contribution in [0.1, 0.15) is 25.8 Å². The van der Waals surface area contributed by atoms with Gasteiger partial charge in [0.1, 0.15) is 0 Å². The highest BCUT2D eigenvalue weighted by Crippen LogP contribution is 2.24. The number of carbonyl (C=O) groups is 1. The number of ether oxygens (including phenoxy) is 1. The van der Waals surface area contributed by atoms with Crippen LogP contribution < -0.4 is 11.0 Å². The number of imidazole rings is 1. The number of urea groups is 1. The van der Waals surface area contributed by atoms with Crippen molar-refractivity contribution in [3.63, 3.8) is 0 Å². The number of amides is 2. The number of nitrogens with zero attached hydrogens (tertiary/aromatic N) is 3. The molecular formula is C20H29N5O3. The number of aromatic nitrogens is 2. The number of hydrogen-bond acceptors (Lipinski definition) is 4. The number of piperidine rings is 1. The van der Waals surface area contributed by atoms with Crippen LogP contribution in [0.25, 0.3) is 11.0 Å². The highest BCUT2D eigenvalue weighted by atomic mass is 16.5. The normalized spacial score (nSPS) is 20.4. The van der Waals surface area contributed by atoms with E-state index in [1.807, 2.05) is 33.7 Å². The van der Waals surface area contributed by atoms with Crippen LogP contribution in [0.15, 0.2) is 29.1 Å². The molecule has 152 valence electrons. The van der Waals surface area contributed by atoms with Crippen molar-refractivity contribution < 1.29 is 9.53 Å². The second-order valence-corrected chi connectivity index (χ2v) is 7.72. The van der Waals surface area contributed by atoms with Crippen LogP contribution in [0.5, 0.6) is 0 Å². The van der Waals surface area contributed by atoms with Gasteiger partial charge in [-0.1, -0.05) is 12.1 Å². The average Bonchev–Trinajstić information content (AvgIpc) is 3.08. The molecule has 0 bridgehead atoms. The van der Waals surface area contributed by atoms with Crippen molar-refractivity contribution in [2.24, 2.45) is 0 Å². The Kier molecular flexibility index (Phi) is 5.68. The third kappa shape index (κ3) is 3.93. The monoisotopic (exact) mass is 387 g/mol. The highest BCUT2D eigenvalue weighted by Gasteiger charge is 2.26. The minimum Gasteiger partial charge on any atom is -0.379 e. The minimum atomic E-state index is -0.0663. The summed E-state index contributed by atoms with van der Waals surface area (Å²) < 4.78 is 7.24. The minimum absolute atomic E-state index is 0.00941. The summed E-state index contributed by atoms with van der Waals surface area (Å²) in [6.07, 6.45) is 1.57. The molecule has 2 saturated heterocycles. The molecule has 1 aromatic heterocycles. The molecule has 8 heteroatoms. The molecule has 0 saturated carbocycles. The summed E-state index contributed by atoms with van der Waals surface area (Å²) in [5.74, 6) is 0. The number of carbonyl (C=O) groups excluding carboxylic acids is 1. The summed E-state index contributed by atoms with van der Waals surface area (Å²) in [4.78, 5) is 32.1. The first-order valence-corrected chi connectivity index (χ1v) is 10.2. The van der Waals surface area contributed by atoms with Crippen molar-refractivity contribution in [1.82, 2.24) is 24.7 Å². The Morgan fingerprint density at radius 1 is 1.21 bits per heavy atom. The zero-order valence-corrected chi connectivity index (χ0v) is 16.4. The van der Waals surface area contributed by atoms with Crippen LogP contribution in [-0.4, -0.2) is 77.4 Å². The van der Waals surface area contributed by atoms with Crippen molar-refractivity contribution in [3.05, 3.63) is 34.7 Å². The summed E-state index contributed by atoms with van der Waals surface area (Å²) in [6.45, 7) is 7.46. The third-order valence-electron chi connectivity index (χ3n) is 5.96. The number of H-pyrrole nitrogens is 1. The molecule has 3 heterocycles. The molecule has 2 aliphatic heterocycles. The van der Waals surface area contributed by atoms with E-state index in [-0.39, 0.29) is 17.8 Å². The fraction of sp³-hybridized carbons (Fsp3) is 0.600. The van der Waals surface area contributed by atoms with Crippen molar-refractivity contribution in [2.75, 3.05) is 45.9 Å². The zero-order chi connectivity index (χ0) is 19.5. The summed E-state index contributed by atoms with van der Waals surface area (Å²) in [6, 6.07) is 8.18. The predicted octanol–water partition coefficient (Wildman–Crippen LogP) is 1.40. The van der Waals surface area contributed by atoms with E-state index in [4.69, 9.17) is 4.74 Å². The van der Waals surface area contributed by atoms with Gasteiger partial charge in [0.25, 0.3) is 0 Å². The standard InChI is InChI=1S/C20H29N5O3/c1-15(23-10-12-28-13-11-23)14-21-19(26)24-8-6-16(7-9-24)25-18-5-3-2-4-17(18)22-20(25)27/h2-5,15-16H,6-14H2,1H3,(H,21,26)(H,22,27). The summed E-state index contributed by atoms with van der Waals surface area (Å²) >= 11 is 0. The van der Waals surface area contributed by atoms with E-state index in [0.717, 1.165) is 50.2 Å². The number of benzene rings is 1. The fourth-order valence-electron chi connectivity index (χ4n) is 4.26. The number of para-hydroxylation sites is 2. The SMILES string of the molecule is CC(CNC(=O)N1CCC(n2c(=O)[nH]c3ccccc32)CC1)N1CCOCC1. The molecule has 2 aliphatic rings. The molecule has 2 amide bonds. The average molecular weight is 387 g/mol. The first-order valence-electron chi connectivity index (χ1n) is 10.2. The van der Waals surface area contributed by atoms with Crippen molar-refractivity contribution >= 4 is 17.1 Å². The summed E-state index contributed by atoms with van der Waals surface area (Å²) in [5.41, 5.74) is 1.74. The van der Waals surface area contributed by atoms with E-state index < -0.39 is 0 Å². The largest absolute Gasteiger partial charge is 0.379 e. The third-order valence-corrected chi connectivity index (χ3v) is 5.96. The van der Waals surface area contributed by atoms with Crippen molar-refractivity contribution in [2.45, 2.75) is 31.8 Å². The number of fused-ring (bicyclic) bond motifs is 1. The quantitative estimate of drug-likeness (QED) is 0.831. The van der Waals surface area contributed by atoms with E-state index in [2.05, 4.69) is 22.1 Å². The molecule has 0 spiro atoms. The first kappa shape index (κ1) is 19.0. The van der Waals surface area contributed by atoms with Crippen LogP contribution in [0.2, 0.25) is 0 Å². The predicted molar refractivity (Wildman–Crippen MR) is 108 cm³/mol. The van der Waals surface area contributed by atoms with Gasteiger partial charge < -0.3 is 19.9 Å². The van der Waals surface area contributed by atoms with Crippen LogP contribution >= 0.6 is 0 Å². The molecule has 28 heavy (non-hydrogen) atoms. The Labute approximate surface area is 164 Å². The van der Waals surface area contributed by atoms with E-state index in [1.165, 1.54) is 0 Å². The highest BCUT2D eigenvalue weighted by molar-refractivity contribution is 5.75. The number of likely N-dealkylation sites (tertiary alicyclic amines) is 1. The van der Waals surface area contributed by atoms with Gasteiger partial charge in [0, 0.05) is 44.8 Å². The molecule has 2 fully saturated rings. The topological polar surface area (TPSA) is 82.6 Å². The molecule has 1 unspecified atom stereocenters. The van der Waals surface area contributed by atoms with Gasteiger partial charge in [-0.15, -0.1) is 0 Å². The lowest BCUT2D eigenvalue weighted by atomic mass is 10.0. The second-order valence-electron chi connectivity index (χ2n) is 7.72. The molecule has 1 aromatic carbocycles. The van der Waals surface area contributed by atoms with Crippen LogP contribution in [0.4, 0.5) is 4.79 Å². The summed E-state index contributed by atoms with van der Waals surface area (Å²) in [7, 11) is 0. The van der Waals surface area contributed by atoms with E-state index in [1.54, 1.807) is 0 Å². The maximum Gasteiger partial charge on any atom is 0.326 e. The zero-order valence-electron chi connectivity index (χ0n) is 16.4. The molecule has 8 nitrogen and oxygen atoms in total. The van der Waals surface area contributed by atoms with Crippen LogP contribution in [-0.2, 0) is 4.74 Å². The molecule has 0 aliphatic carbocycles. The number of rotatable bonds is 4. The Morgan fingerprint density at radius 3 is 2.68 bits per heavy atom. The van der Waals surface area contributed by atoms with Gasteiger partial charge in [0.2, 0.25) is 0 Å². The molecule has 2 N–H and O–H groups in total.